The molecule has 4 rings (SSSR count). The Bertz CT molecular complexity index is 727. The zero-order chi connectivity index (χ0) is 27.3. The number of hydrogen-bond acceptors (Lipinski definition) is 7. The van der Waals surface area contributed by atoms with Gasteiger partial charge in [0.2, 0.25) is 0 Å². The van der Waals surface area contributed by atoms with Crippen molar-refractivity contribution in [2.75, 3.05) is 46.1 Å². The van der Waals surface area contributed by atoms with E-state index in [1.807, 2.05) is 0 Å². The number of rotatable bonds is 14. The maximum atomic E-state index is 10.2. The summed E-state index contributed by atoms with van der Waals surface area (Å²) in [4.78, 5) is 0. The van der Waals surface area contributed by atoms with Crippen LogP contribution in [0.15, 0.2) is 0 Å². The van der Waals surface area contributed by atoms with Gasteiger partial charge in [0.1, 0.15) is 0 Å². The van der Waals surface area contributed by atoms with E-state index in [9.17, 15) is 5.11 Å². The second-order valence-corrected chi connectivity index (χ2v) is 13.6. The molecule has 0 aromatic heterocycles. The van der Waals surface area contributed by atoms with Gasteiger partial charge in [-0.05, 0) is 125 Å². The predicted octanol–water partition coefficient (Wildman–Crippen LogP) is 3.70. The molecule has 0 aromatic rings. The molecule has 0 heterocycles. The second kappa shape index (κ2) is 13.6. The Kier molecular flexibility index (Phi) is 11.0. The Morgan fingerprint density at radius 1 is 0.816 bits per heavy atom. The fraction of sp³-hybridized carbons (Fsp3) is 1.00. The summed E-state index contributed by atoms with van der Waals surface area (Å²) in [6.07, 6.45) is 11.7. The fourth-order valence-electron chi connectivity index (χ4n) is 9.72. The van der Waals surface area contributed by atoms with Crippen LogP contribution in [-0.2, 0) is 14.2 Å². The highest BCUT2D eigenvalue weighted by molar-refractivity contribution is 5.15. The molecule has 4 aliphatic carbocycles. The first kappa shape index (κ1) is 30.7. The standard InChI is InChI=1S/C31H59N3O4/c1-21(20-35)24-7-8-25-29-26(19-28(31(24,25)3)38-16-6-13-34)30(2)10-9-23(36-14-4-11-32)17-22(30)18-27(29)37-15-5-12-33/h21-29,35H,4-20,32-34H2,1-3H3/t21?,22?,23-,24?,25+,26+,27-,28+,29?,30+,31-/m1/s1. The first-order valence-electron chi connectivity index (χ1n) is 15.9. The third-order valence-electron chi connectivity index (χ3n) is 11.8. The fourth-order valence-corrected chi connectivity index (χ4v) is 9.72. The van der Waals surface area contributed by atoms with Crippen molar-refractivity contribution in [2.45, 2.75) is 103 Å². The average molecular weight is 538 g/mol. The maximum absolute atomic E-state index is 10.2. The van der Waals surface area contributed by atoms with Gasteiger partial charge >= 0.3 is 0 Å². The van der Waals surface area contributed by atoms with Gasteiger partial charge in [-0.15, -0.1) is 0 Å². The van der Waals surface area contributed by atoms with Crippen molar-refractivity contribution in [1.82, 2.24) is 0 Å². The van der Waals surface area contributed by atoms with Gasteiger partial charge in [0.25, 0.3) is 0 Å². The van der Waals surface area contributed by atoms with E-state index in [1.165, 1.54) is 19.3 Å². The Morgan fingerprint density at radius 3 is 2.13 bits per heavy atom. The Hall–Kier alpha value is -0.280. The van der Waals surface area contributed by atoms with E-state index in [-0.39, 0.29) is 35.6 Å². The van der Waals surface area contributed by atoms with Crippen molar-refractivity contribution in [3.8, 4) is 0 Å². The first-order chi connectivity index (χ1) is 18.3. The molecule has 0 aromatic carbocycles. The molecular formula is C31H59N3O4. The number of fused-ring (bicyclic) bond motifs is 5. The molecule has 7 nitrogen and oxygen atoms in total. The van der Waals surface area contributed by atoms with Crippen molar-refractivity contribution < 1.29 is 19.3 Å². The van der Waals surface area contributed by atoms with Crippen LogP contribution in [0.1, 0.15) is 85.0 Å². The molecule has 4 aliphatic rings. The van der Waals surface area contributed by atoms with Crippen molar-refractivity contribution >= 4 is 0 Å². The van der Waals surface area contributed by atoms with Gasteiger partial charge in [-0.3, -0.25) is 0 Å². The van der Waals surface area contributed by atoms with E-state index >= 15 is 0 Å². The van der Waals surface area contributed by atoms with E-state index < -0.39 is 0 Å². The molecule has 4 unspecified atom stereocenters. The lowest BCUT2D eigenvalue weighted by Gasteiger charge is -2.64. The molecular weight excluding hydrogens is 478 g/mol. The minimum atomic E-state index is 0.0547. The summed E-state index contributed by atoms with van der Waals surface area (Å²) in [6, 6.07) is 0. The molecule has 0 bridgehead atoms. The minimum Gasteiger partial charge on any atom is -0.396 e. The third-order valence-corrected chi connectivity index (χ3v) is 11.8. The normalized spacial score (nSPS) is 43.3. The molecule has 222 valence electrons. The zero-order valence-corrected chi connectivity index (χ0v) is 24.6. The first-order valence-corrected chi connectivity index (χ1v) is 15.9. The van der Waals surface area contributed by atoms with Crippen molar-refractivity contribution in [3.63, 3.8) is 0 Å². The third kappa shape index (κ3) is 5.86. The van der Waals surface area contributed by atoms with Crippen LogP contribution in [0.4, 0.5) is 0 Å². The van der Waals surface area contributed by atoms with Gasteiger partial charge in [0, 0.05) is 31.8 Å². The van der Waals surface area contributed by atoms with Gasteiger partial charge in [-0.2, -0.15) is 0 Å². The molecule has 7 N–H and O–H groups in total. The lowest BCUT2D eigenvalue weighted by atomic mass is 9.43. The summed E-state index contributed by atoms with van der Waals surface area (Å²) < 4.78 is 19.9. The maximum Gasteiger partial charge on any atom is 0.0637 e. The van der Waals surface area contributed by atoms with Crippen LogP contribution >= 0.6 is 0 Å². The molecule has 0 radical (unpaired) electrons. The van der Waals surface area contributed by atoms with E-state index in [0.717, 1.165) is 64.8 Å². The summed E-state index contributed by atoms with van der Waals surface area (Å²) in [5.74, 6) is 3.04. The van der Waals surface area contributed by atoms with Crippen LogP contribution in [-0.4, -0.2) is 69.5 Å². The molecule has 0 aliphatic heterocycles. The lowest BCUT2D eigenvalue weighted by molar-refractivity contribution is -0.228. The minimum absolute atomic E-state index is 0.0547. The predicted molar refractivity (Wildman–Crippen MR) is 152 cm³/mol. The summed E-state index contributed by atoms with van der Waals surface area (Å²) in [6.45, 7) is 11.9. The van der Waals surface area contributed by atoms with Gasteiger partial charge in [-0.25, -0.2) is 0 Å². The van der Waals surface area contributed by atoms with E-state index in [4.69, 9.17) is 31.4 Å². The van der Waals surface area contributed by atoms with Crippen molar-refractivity contribution in [3.05, 3.63) is 0 Å². The SMILES string of the molecule is CC(CO)C1CC[C@H]2C3[C@H](OCCCN)CC4C[C@H](OCCCN)CC[C@]4(C)[C@H]3C[C@H](OCCCN)[C@]12C. The van der Waals surface area contributed by atoms with Crippen molar-refractivity contribution in [2.24, 2.45) is 63.5 Å². The molecule has 4 saturated carbocycles. The highest BCUT2D eigenvalue weighted by Gasteiger charge is 2.66. The Balaban J connectivity index is 1.64. The number of nitrogens with two attached hydrogens (primary N) is 3. The van der Waals surface area contributed by atoms with Crippen LogP contribution in [0.2, 0.25) is 0 Å². The Labute approximate surface area is 232 Å². The van der Waals surface area contributed by atoms with Crippen LogP contribution in [0.3, 0.4) is 0 Å². The summed E-state index contributed by atoms with van der Waals surface area (Å²) >= 11 is 0. The quantitative estimate of drug-likeness (QED) is 0.249. The molecule has 4 fully saturated rings. The largest absolute Gasteiger partial charge is 0.396 e. The van der Waals surface area contributed by atoms with Crippen LogP contribution in [0.5, 0.6) is 0 Å². The smallest absolute Gasteiger partial charge is 0.0637 e. The highest BCUT2D eigenvalue weighted by Crippen LogP contribution is 2.69. The molecule has 7 heteroatoms. The molecule has 0 amide bonds. The van der Waals surface area contributed by atoms with Crippen molar-refractivity contribution in [1.29, 1.82) is 0 Å². The Morgan fingerprint density at radius 2 is 1.47 bits per heavy atom. The van der Waals surface area contributed by atoms with Crippen LogP contribution in [0, 0.1) is 46.3 Å². The van der Waals surface area contributed by atoms with E-state index in [2.05, 4.69) is 20.8 Å². The number of hydrogen-bond donors (Lipinski definition) is 4. The second-order valence-electron chi connectivity index (χ2n) is 13.6. The molecule has 0 saturated heterocycles. The number of ether oxygens (including phenoxy) is 3. The summed E-state index contributed by atoms with van der Waals surface area (Å²) in [5, 5.41) is 10.2. The average Bonchev–Trinajstić information content (AvgIpc) is 3.27. The highest BCUT2D eigenvalue weighted by atomic mass is 16.5. The topological polar surface area (TPSA) is 126 Å². The summed E-state index contributed by atoms with van der Waals surface area (Å²) in [5.41, 5.74) is 17.8. The molecule has 11 atom stereocenters. The molecule has 0 spiro atoms. The lowest BCUT2D eigenvalue weighted by Crippen LogP contribution is -2.63. The summed E-state index contributed by atoms with van der Waals surface area (Å²) in [7, 11) is 0. The van der Waals surface area contributed by atoms with Gasteiger partial charge in [-0.1, -0.05) is 20.8 Å². The molecule has 38 heavy (non-hydrogen) atoms. The van der Waals surface area contributed by atoms with Gasteiger partial charge in [0.05, 0.1) is 18.3 Å². The van der Waals surface area contributed by atoms with Gasteiger partial charge < -0.3 is 36.5 Å². The number of aliphatic hydroxyl groups excluding tert-OH is 1. The monoisotopic (exact) mass is 537 g/mol. The zero-order valence-electron chi connectivity index (χ0n) is 24.6. The van der Waals surface area contributed by atoms with Gasteiger partial charge in [0.15, 0.2) is 0 Å². The number of aliphatic hydroxyl groups is 1. The van der Waals surface area contributed by atoms with Crippen LogP contribution < -0.4 is 17.2 Å². The van der Waals surface area contributed by atoms with E-state index in [1.54, 1.807) is 0 Å². The van der Waals surface area contributed by atoms with E-state index in [0.29, 0.717) is 55.3 Å². The van der Waals surface area contributed by atoms with Crippen LogP contribution in [0.25, 0.3) is 0 Å².